The van der Waals surface area contributed by atoms with E-state index in [1.54, 1.807) is 18.2 Å². The lowest BCUT2D eigenvalue weighted by atomic mass is 10.3. The van der Waals surface area contributed by atoms with E-state index < -0.39 is 0 Å². The summed E-state index contributed by atoms with van der Waals surface area (Å²) in [7, 11) is 0. The second-order valence-electron chi connectivity index (χ2n) is 6.44. The van der Waals surface area contributed by atoms with Gasteiger partial charge in [0, 0.05) is 36.6 Å². The zero-order valence-electron chi connectivity index (χ0n) is 14.4. The standard InChI is InChI=1S/C18H26Cl2N2O2/c1-13(2)22(15-6-7-15)10-9-21-18(23)4-3-11-24-17-8-5-14(19)12-16(17)20/h5,8,12-13,15H,3-4,6-7,9-11H2,1-2H3,(H,21,23). The van der Waals surface area contributed by atoms with Gasteiger partial charge in [0.25, 0.3) is 0 Å². The normalized spacial score (nSPS) is 14.2. The van der Waals surface area contributed by atoms with Crippen molar-refractivity contribution in [1.29, 1.82) is 0 Å². The molecule has 1 aromatic carbocycles. The van der Waals surface area contributed by atoms with E-state index in [9.17, 15) is 4.79 Å². The highest BCUT2D eigenvalue weighted by Crippen LogP contribution is 2.28. The Hall–Kier alpha value is -0.970. The Labute approximate surface area is 154 Å². The number of halogens is 2. The van der Waals surface area contributed by atoms with Gasteiger partial charge in [0.15, 0.2) is 0 Å². The molecule has 0 saturated heterocycles. The molecule has 1 N–H and O–H groups in total. The van der Waals surface area contributed by atoms with Crippen LogP contribution < -0.4 is 10.1 Å². The molecule has 1 aliphatic rings. The van der Waals surface area contributed by atoms with Crippen molar-refractivity contribution >= 4 is 29.1 Å². The van der Waals surface area contributed by atoms with Crippen LogP contribution in [0.1, 0.15) is 39.5 Å². The van der Waals surface area contributed by atoms with Crippen molar-refractivity contribution in [3.05, 3.63) is 28.2 Å². The average Bonchev–Trinajstić information content (AvgIpc) is 3.34. The summed E-state index contributed by atoms with van der Waals surface area (Å²) < 4.78 is 5.58. The minimum atomic E-state index is 0.0697. The Morgan fingerprint density at radius 3 is 2.75 bits per heavy atom. The van der Waals surface area contributed by atoms with E-state index in [4.69, 9.17) is 27.9 Å². The Morgan fingerprint density at radius 2 is 2.12 bits per heavy atom. The fraction of sp³-hybridized carbons (Fsp3) is 0.611. The second-order valence-corrected chi connectivity index (χ2v) is 7.28. The number of hydrogen-bond acceptors (Lipinski definition) is 3. The maximum atomic E-state index is 11.9. The van der Waals surface area contributed by atoms with Crippen molar-refractivity contribution in [1.82, 2.24) is 10.2 Å². The third-order valence-electron chi connectivity index (χ3n) is 4.07. The van der Waals surface area contributed by atoms with Crippen LogP contribution in [0.4, 0.5) is 0 Å². The van der Waals surface area contributed by atoms with Gasteiger partial charge < -0.3 is 10.1 Å². The largest absolute Gasteiger partial charge is 0.492 e. The SMILES string of the molecule is CC(C)N(CCNC(=O)CCCOc1ccc(Cl)cc1Cl)C1CC1. The van der Waals surface area contributed by atoms with Crippen LogP contribution in [0.25, 0.3) is 0 Å². The highest BCUT2D eigenvalue weighted by atomic mass is 35.5. The van der Waals surface area contributed by atoms with Crippen molar-refractivity contribution in [2.75, 3.05) is 19.7 Å². The van der Waals surface area contributed by atoms with E-state index in [1.807, 2.05) is 0 Å². The molecule has 0 radical (unpaired) electrons. The molecule has 4 nitrogen and oxygen atoms in total. The predicted octanol–water partition coefficient (Wildman–Crippen LogP) is 4.14. The van der Waals surface area contributed by atoms with E-state index >= 15 is 0 Å². The summed E-state index contributed by atoms with van der Waals surface area (Å²) in [6.45, 7) is 6.50. The van der Waals surface area contributed by atoms with Gasteiger partial charge in [-0.1, -0.05) is 23.2 Å². The van der Waals surface area contributed by atoms with Gasteiger partial charge in [-0.25, -0.2) is 0 Å². The van der Waals surface area contributed by atoms with Crippen LogP contribution in [0.2, 0.25) is 10.0 Å². The Kier molecular flexibility index (Phi) is 7.66. The van der Waals surface area contributed by atoms with Gasteiger partial charge in [-0.2, -0.15) is 0 Å². The molecule has 0 unspecified atom stereocenters. The molecule has 0 bridgehead atoms. The lowest BCUT2D eigenvalue weighted by Gasteiger charge is -2.26. The Morgan fingerprint density at radius 1 is 1.38 bits per heavy atom. The third-order valence-corrected chi connectivity index (χ3v) is 4.60. The molecule has 2 rings (SSSR count). The summed E-state index contributed by atoms with van der Waals surface area (Å²) in [5, 5.41) is 4.05. The third kappa shape index (κ3) is 6.50. The minimum Gasteiger partial charge on any atom is -0.492 e. The molecule has 134 valence electrons. The average molecular weight is 373 g/mol. The highest BCUT2D eigenvalue weighted by Gasteiger charge is 2.30. The van der Waals surface area contributed by atoms with E-state index in [0.29, 0.717) is 47.8 Å². The van der Waals surface area contributed by atoms with Crippen LogP contribution in [-0.2, 0) is 4.79 Å². The number of hydrogen-bond donors (Lipinski definition) is 1. The molecule has 0 aromatic heterocycles. The number of carbonyl (C=O) groups excluding carboxylic acids is 1. The number of carbonyl (C=O) groups is 1. The molecule has 1 aliphatic carbocycles. The lowest BCUT2D eigenvalue weighted by molar-refractivity contribution is -0.121. The van der Waals surface area contributed by atoms with Gasteiger partial charge in [-0.15, -0.1) is 0 Å². The summed E-state index contributed by atoms with van der Waals surface area (Å²) in [4.78, 5) is 14.3. The molecule has 0 atom stereocenters. The smallest absolute Gasteiger partial charge is 0.220 e. The van der Waals surface area contributed by atoms with Crippen LogP contribution in [0, 0.1) is 0 Å². The van der Waals surface area contributed by atoms with Crippen LogP contribution >= 0.6 is 23.2 Å². The first kappa shape index (κ1) is 19.4. The van der Waals surface area contributed by atoms with E-state index in [-0.39, 0.29) is 5.91 Å². The van der Waals surface area contributed by atoms with Gasteiger partial charge >= 0.3 is 0 Å². The van der Waals surface area contributed by atoms with Crippen LogP contribution in [0.5, 0.6) is 5.75 Å². The fourth-order valence-electron chi connectivity index (χ4n) is 2.69. The van der Waals surface area contributed by atoms with Crippen molar-refractivity contribution in [2.24, 2.45) is 0 Å². The van der Waals surface area contributed by atoms with Gasteiger partial charge in [0.1, 0.15) is 5.75 Å². The predicted molar refractivity (Wildman–Crippen MR) is 99.1 cm³/mol. The van der Waals surface area contributed by atoms with Crippen molar-refractivity contribution in [3.63, 3.8) is 0 Å². The zero-order chi connectivity index (χ0) is 17.5. The molecule has 0 spiro atoms. The van der Waals surface area contributed by atoms with Crippen LogP contribution in [-0.4, -0.2) is 42.6 Å². The summed E-state index contributed by atoms with van der Waals surface area (Å²) in [6.07, 6.45) is 3.69. The summed E-state index contributed by atoms with van der Waals surface area (Å²) in [5.74, 6) is 0.666. The number of benzene rings is 1. The van der Waals surface area contributed by atoms with Gasteiger partial charge in [-0.05, 0) is 51.3 Å². The number of ether oxygens (including phenoxy) is 1. The van der Waals surface area contributed by atoms with Crippen molar-refractivity contribution < 1.29 is 9.53 Å². The first-order valence-electron chi connectivity index (χ1n) is 8.57. The van der Waals surface area contributed by atoms with Crippen LogP contribution in [0.15, 0.2) is 18.2 Å². The van der Waals surface area contributed by atoms with Crippen LogP contribution in [0.3, 0.4) is 0 Å². The topological polar surface area (TPSA) is 41.6 Å². The molecule has 6 heteroatoms. The van der Waals surface area contributed by atoms with Gasteiger partial charge in [0.05, 0.1) is 11.6 Å². The zero-order valence-corrected chi connectivity index (χ0v) is 15.9. The van der Waals surface area contributed by atoms with E-state index in [1.165, 1.54) is 12.8 Å². The molecule has 0 heterocycles. The maximum Gasteiger partial charge on any atom is 0.220 e. The summed E-state index contributed by atoms with van der Waals surface area (Å²) >= 11 is 11.9. The van der Waals surface area contributed by atoms with Crippen molar-refractivity contribution in [2.45, 2.75) is 51.6 Å². The highest BCUT2D eigenvalue weighted by molar-refractivity contribution is 6.35. The lowest BCUT2D eigenvalue weighted by Crippen LogP contribution is -2.40. The molecule has 1 saturated carbocycles. The Bertz CT molecular complexity index is 546. The molecule has 1 amide bonds. The van der Waals surface area contributed by atoms with E-state index in [0.717, 1.165) is 12.6 Å². The number of nitrogens with one attached hydrogen (secondary N) is 1. The van der Waals surface area contributed by atoms with E-state index in [2.05, 4.69) is 24.1 Å². The quantitative estimate of drug-likeness (QED) is 0.627. The molecule has 1 aromatic rings. The van der Waals surface area contributed by atoms with Gasteiger partial charge in [-0.3, -0.25) is 9.69 Å². The molecular weight excluding hydrogens is 347 g/mol. The number of amides is 1. The number of rotatable bonds is 10. The fourth-order valence-corrected chi connectivity index (χ4v) is 3.15. The monoisotopic (exact) mass is 372 g/mol. The minimum absolute atomic E-state index is 0.0697. The second kappa shape index (κ2) is 9.50. The molecule has 24 heavy (non-hydrogen) atoms. The summed E-state index contributed by atoms with van der Waals surface area (Å²) in [5.41, 5.74) is 0. The maximum absolute atomic E-state index is 11.9. The van der Waals surface area contributed by atoms with Crippen molar-refractivity contribution in [3.8, 4) is 5.75 Å². The summed E-state index contributed by atoms with van der Waals surface area (Å²) in [6, 6.07) is 6.37. The molecule has 1 fully saturated rings. The number of nitrogens with zero attached hydrogens (tertiary/aromatic N) is 1. The molecule has 0 aliphatic heterocycles. The Balaban J connectivity index is 1.58. The first-order valence-corrected chi connectivity index (χ1v) is 9.33. The first-order chi connectivity index (χ1) is 11.5. The van der Waals surface area contributed by atoms with Gasteiger partial charge in [0.2, 0.25) is 5.91 Å². The molecular formula is C18H26Cl2N2O2.